The first-order valence-electron chi connectivity index (χ1n) is 9.69. The third-order valence-corrected chi connectivity index (χ3v) is 6.72. The molecule has 9 heteroatoms. The van der Waals surface area contributed by atoms with Crippen molar-refractivity contribution in [3.63, 3.8) is 0 Å². The predicted octanol–water partition coefficient (Wildman–Crippen LogP) is 5.80. The van der Waals surface area contributed by atoms with Crippen molar-refractivity contribution in [1.82, 2.24) is 4.98 Å². The highest BCUT2D eigenvalue weighted by Crippen LogP contribution is 2.53. The molecular formula is C22H20F5NO2S. The molecule has 1 heterocycles. The van der Waals surface area contributed by atoms with Gasteiger partial charge in [-0.05, 0) is 59.2 Å². The second kappa shape index (κ2) is 7.32. The van der Waals surface area contributed by atoms with E-state index in [-0.39, 0.29) is 28.7 Å². The lowest BCUT2D eigenvalue weighted by Gasteiger charge is -2.19. The number of alkyl halides is 3. The lowest BCUT2D eigenvalue weighted by Crippen LogP contribution is -2.10. The number of nitrogens with one attached hydrogen (secondary N) is 1. The number of sulfone groups is 1. The van der Waals surface area contributed by atoms with E-state index < -0.39 is 39.1 Å². The largest absolute Gasteiger partial charge is 0.416 e. The number of hydrogen-bond donors (Lipinski definition) is 1. The molecule has 1 fully saturated rings. The van der Waals surface area contributed by atoms with E-state index in [0.29, 0.717) is 22.5 Å². The van der Waals surface area contributed by atoms with Crippen molar-refractivity contribution in [3.05, 3.63) is 70.4 Å². The minimum atomic E-state index is -4.66. The number of rotatable bonds is 5. The fourth-order valence-electron chi connectivity index (χ4n) is 4.34. The van der Waals surface area contributed by atoms with Gasteiger partial charge in [0.05, 0.1) is 16.8 Å². The van der Waals surface area contributed by atoms with Gasteiger partial charge < -0.3 is 4.98 Å². The molecule has 3 atom stereocenters. The Hall–Kier alpha value is -2.42. The zero-order valence-corrected chi connectivity index (χ0v) is 17.5. The van der Waals surface area contributed by atoms with Crippen molar-refractivity contribution < 1.29 is 30.4 Å². The molecule has 0 aliphatic heterocycles. The zero-order chi connectivity index (χ0) is 22.7. The first-order valence-corrected chi connectivity index (χ1v) is 11.7. The van der Waals surface area contributed by atoms with Crippen LogP contribution in [0.1, 0.15) is 41.5 Å². The third kappa shape index (κ3) is 4.33. The normalized spacial score (nSPS) is 20.2. The highest BCUT2D eigenvalue weighted by molar-refractivity contribution is 7.89. The van der Waals surface area contributed by atoms with E-state index in [1.54, 1.807) is 6.20 Å². The van der Waals surface area contributed by atoms with Crippen LogP contribution in [-0.4, -0.2) is 19.7 Å². The lowest BCUT2D eigenvalue weighted by molar-refractivity contribution is -0.137. The Morgan fingerprint density at radius 3 is 2.35 bits per heavy atom. The van der Waals surface area contributed by atoms with E-state index in [2.05, 4.69) is 4.98 Å². The Morgan fingerprint density at radius 2 is 1.81 bits per heavy atom. The first-order chi connectivity index (χ1) is 14.3. The van der Waals surface area contributed by atoms with Crippen molar-refractivity contribution in [1.29, 1.82) is 0 Å². The quantitative estimate of drug-likeness (QED) is 0.493. The number of aromatic nitrogens is 1. The number of halogens is 5. The summed E-state index contributed by atoms with van der Waals surface area (Å²) >= 11 is 0. The standard InChI is InChI=1S/C22H20F5NO2S/c1-11-5-16(11)20(15-4-3-13(7-19(15)24)22(25,26)27)18-9-28-21-12(10-31(2,29)30)6-14(23)8-17(18)21/h3-4,6-9,11,16,20,28H,5,10H2,1-2H3. The Morgan fingerprint density at radius 1 is 1.13 bits per heavy atom. The number of fused-ring (bicyclic) bond motifs is 1. The van der Waals surface area contributed by atoms with Gasteiger partial charge in [-0.25, -0.2) is 17.2 Å². The maximum Gasteiger partial charge on any atom is 0.416 e. The maximum atomic E-state index is 14.9. The molecule has 0 saturated heterocycles. The van der Waals surface area contributed by atoms with Gasteiger partial charge in [-0.3, -0.25) is 0 Å². The summed E-state index contributed by atoms with van der Waals surface area (Å²) in [5.74, 6) is -2.37. The van der Waals surface area contributed by atoms with Crippen LogP contribution in [0.4, 0.5) is 22.0 Å². The molecule has 1 aromatic heterocycles. The minimum Gasteiger partial charge on any atom is -0.361 e. The van der Waals surface area contributed by atoms with Crippen molar-refractivity contribution in [2.24, 2.45) is 11.8 Å². The van der Waals surface area contributed by atoms with Crippen molar-refractivity contribution in [2.45, 2.75) is 31.2 Å². The molecule has 4 rings (SSSR count). The van der Waals surface area contributed by atoms with Gasteiger partial charge >= 0.3 is 6.18 Å². The van der Waals surface area contributed by atoms with Gasteiger partial charge in [-0.15, -0.1) is 0 Å². The monoisotopic (exact) mass is 457 g/mol. The van der Waals surface area contributed by atoms with Crippen LogP contribution in [0.5, 0.6) is 0 Å². The van der Waals surface area contributed by atoms with Gasteiger partial charge in [0.25, 0.3) is 0 Å². The fourth-order valence-corrected chi connectivity index (χ4v) is 5.14. The van der Waals surface area contributed by atoms with Gasteiger partial charge in [0, 0.05) is 23.8 Å². The number of aromatic amines is 1. The van der Waals surface area contributed by atoms with Gasteiger partial charge in [-0.1, -0.05) is 13.0 Å². The summed E-state index contributed by atoms with van der Waals surface area (Å²) in [6, 6.07) is 4.86. The maximum absolute atomic E-state index is 14.9. The van der Waals surface area contributed by atoms with Crippen LogP contribution >= 0.6 is 0 Å². The third-order valence-electron chi connectivity index (χ3n) is 5.88. The molecule has 3 nitrogen and oxygen atoms in total. The Labute approximate surface area is 176 Å². The van der Waals surface area contributed by atoms with Gasteiger partial charge in [0.15, 0.2) is 9.84 Å². The fraction of sp³-hybridized carbons (Fsp3) is 0.364. The Balaban J connectivity index is 1.87. The van der Waals surface area contributed by atoms with Crippen LogP contribution in [0, 0.1) is 23.5 Å². The molecule has 1 aliphatic rings. The van der Waals surface area contributed by atoms with Crippen molar-refractivity contribution >= 4 is 20.7 Å². The molecule has 0 spiro atoms. The average Bonchev–Trinajstić information content (AvgIpc) is 3.18. The Bertz CT molecular complexity index is 1260. The first kappa shape index (κ1) is 21.8. The second-order valence-corrected chi connectivity index (χ2v) is 10.5. The second-order valence-electron chi connectivity index (χ2n) is 8.39. The number of benzene rings is 2. The van der Waals surface area contributed by atoms with E-state index >= 15 is 0 Å². The van der Waals surface area contributed by atoms with E-state index in [4.69, 9.17) is 0 Å². The molecular weight excluding hydrogens is 437 g/mol. The molecule has 3 unspecified atom stereocenters. The summed E-state index contributed by atoms with van der Waals surface area (Å²) in [7, 11) is -3.44. The van der Waals surface area contributed by atoms with Crippen molar-refractivity contribution in [2.75, 3.05) is 6.26 Å². The molecule has 166 valence electrons. The summed E-state index contributed by atoms with van der Waals surface area (Å²) in [6.45, 7) is 1.96. The summed E-state index contributed by atoms with van der Waals surface area (Å²) in [6.07, 6.45) is -1.29. The van der Waals surface area contributed by atoms with Crippen LogP contribution < -0.4 is 0 Å². The van der Waals surface area contributed by atoms with Crippen LogP contribution in [0.3, 0.4) is 0 Å². The molecule has 0 amide bonds. The highest BCUT2D eigenvalue weighted by atomic mass is 32.2. The van der Waals surface area contributed by atoms with E-state index in [1.807, 2.05) is 6.92 Å². The average molecular weight is 457 g/mol. The van der Waals surface area contributed by atoms with Crippen LogP contribution in [0.25, 0.3) is 10.9 Å². The summed E-state index contributed by atoms with van der Waals surface area (Å²) in [5, 5.41) is 0.405. The lowest BCUT2D eigenvalue weighted by atomic mass is 9.85. The van der Waals surface area contributed by atoms with Gasteiger partial charge in [-0.2, -0.15) is 13.2 Å². The molecule has 2 aromatic carbocycles. The minimum absolute atomic E-state index is 0.0214. The number of hydrogen-bond acceptors (Lipinski definition) is 2. The summed E-state index contributed by atoms with van der Waals surface area (Å²) < 4.78 is 91.6. The summed E-state index contributed by atoms with van der Waals surface area (Å²) in [5.41, 5.74) is 0.248. The smallest absolute Gasteiger partial charge is 0.361 e. The molecule has 0 radical (unpaired) electrons. The zero-order valence-electron chi connectivity index (χ0n) is 16.7. The predicted molar refractivity (Wildman–Crippen MR) is 107 cm³/mol. The van der Waals surface area contributed by atoms with Gasteiger partial charge in [0.1, 0.15) is 11.6 Å². The van der Waals surface area contributed by atoms with E-state index in [0.717, 1.165) is 30.9 Å². The van der Waals surface area contributed by atoms with E-state index in [1.165, 1.54) is 6.07 Å². The molecule has 3 aromatic rings. The topological polar surface area (TPSA) is 49.9 Å². The van der Waals surface area contributed by atoms with Crippen LogP contribution in [0.2, 0.25) is 0 Å². The molecule has 1 N–H and O–H groups in total. The SMILES string of the molecule is CC1CC1C(c1ccc(C(F)(F)F)cc1F)c1c[nH]c2c(CS(C)(=O)=O)cc(F)cc12. The van der Waals surface area contributed by atoms with Gasteiger partial charge in [0.2, 0.25) is 0 Å². The number of H-pyrrole nitrogens is 1. The Kier molecular flexibility index (Phi) is 5.15. The summed E-state index contributed by atoms with van der Waals surface area (Å²) in [4.78, 5) is 2.98. The molecule has 1 saturated carbocycles. The van der Waals surface area contributed by atoms with Crippen LogP contribution in [-0.2, 0) is 21.8 Å². The molecule has 0 bridgehead atoms. The molecule has 31 heavy (non-hydrogen) atoms. The van der Waals surface area contributed by atoms with Crippen molar-refractivity contribution in [3.8, 4) is 0 Å². The van der Waals surface area contributed by atoms with Crippen LogP contribution in [0.15, 0.2) is 36.5 Å². The van der Waals surface area contributed by atoms with E-state index in [9.17, 15) is 30.4 Å². The molecule has 1 aliphatic carbocycles. The highest BCUT2D eigenvalue weighted by Gasteiger charge is 2.43.